The van der Waals surface area contributed by atoms with Crippen LogP contribution in [0.3, 0.4) is 0 Å². The first-order chi connectivity index (χ1) is 5.93. The summed E-state index contributed by atoms with van der Waals surface area (Å²) in [6.07, 6.45) is 3.57. The van der Waals surface area contributed by atoms with Crippen LogP contribution in [0, 0.1) is 11.8 Å². The summed E-state index contributed by atoms with van der Waals surface area (Å²) in [5.41, 5.74) is 1.16. The van der Waals surface area contributed by atoms with Gasteiger partial charge >= 0.3 is 0 Å². The molecule has 0 aliphatic carbocycles. The number of halogens is 1. The Bertz CT molecular complexity index is 253. The van der Waals surface area contributed by atoms with Gasteiger partial charge in [-0.05, 0) is 28.7 Å². The molecule has 1 heterocycles. The fourth-order valence-corrected chi connectivity index (χ4v) is 1.94. The molecule has 2 heteroatoms. The molecule has 0 aliphatic rings. The normalized spacial score (nSPS) is 9.08. The Morgan fingerprint density at radius 1 is 1.42 bits per heavy atom. The molecule has 0 aliphatic heterocycles. The van der Waals surface area contributed by atoms with Gasteiger partial charge < -0.3 is 0 Å². The van der Waals surface area contributed by atoms with Crippen LogP contribution in [0.4, 0.5) is 0 Å². The number of thiophene rings is 1. The third-order valence-corrected chi connectivity index (χ3v) is 2.89. The van der Waals surface area contributed by atoms with E-state index in [-0.39, 0.29) is 0 Å². The highest BCUT2D eigenvalue weighted by atomic mass is 127. The monoisotopic (exact) mass is 290 g/mol. The molecule has 0 N–H and O–H groups in total. The lowest BCUT2D eigenvalue weighted by atomic mass is 10.2. The van der Waals surface area contributed by atoms with E-state index in [4.69, 9.17) is 0 Å². The summed E-state index contributed by atoms with van der Waals surface area (Å²) in [5, 5.41) is 4.15. The summed E-state index contributed by atoms with van der Waals surface area (Å²) in [6, 6.07) is 2.07. The first-order valence-corrected chi connectivity index (χ1v) is 6.47. The number of hydrogen-bond acceptors (Lipinski definition) is 1. The number of unbranched alkanes of at least 4 members (excludes halogenated alkanes) is 2. The van der Waals surface area contributed by atoms with Gasteiger partial charge in [-0.15, -0.1) is 0 Å². The van der Waals surface area contributed by atoms with E-state index in [0.29, 0.717) is 0 Å². The van der Waals surface area contributed by atoms with Crippen LogP contribution in [0.15, 0.2) is 16.8 Å². The zero-order valence-corrected chi connectivity index (χ0v) is 9.82. The van der Waals surface area contributed by atoms with E-state index in [0.717, 1.165) is 12.0 Å². The molecule has 0 radical (unpaired) electrons. The second kappa shape index (κ2) is 6.50. The summed E-state index contributed by atoms with van der Waals surface area (Å²) in [7, 11) is 0. The Morgan fingerprint density at radius 3 is 3.00 bits per heavy atom. The Kier molecular flexibility index (Phi) is 5.46. The summed E-state index contributed by atoms with van der Waals surface area (Å²) in [6.45, 7) is 0. The number of hydrogen-bond donors (Lipinski definition) is 0. The van der Waals surface area contributed by atoms with Crippen molar-refractivity contribution < 1.29 is 0 Å². The van der Waals surface area contributed by atoms with Crippen LogP contribution in [0.1, 0.15) is 24.8 Å². The van der Waals surface area contributed by atoms with E-state index >= 15 is 0 Å². The van der Waals surface area contributed by atoms with Crippen LogP contribution < -0.4 is 0 Å². The quantitative estimate of drug-likeness (QED) is 0.344. The lowest BCUT2D eigenvalue weighted by molar-refractivity contribution is 0.845. The van der Waals surface area contributed by atoms with Gasteiger partial charge in [0, 0.05) is 17.4 Å². The molecule has 0 aromatic carbocycles. The molecule has 0 atom stereocenters. The zero-order valence-electron chi connectivity index (χ0n) is 6.85. The Morgan fingerprint density at radius 2 is 2.33 bits per heavy atom. The average Bonchev–Trinajstić information content (AvgIpc) is 2.57. The van der Waals surface area contributed by atoms with Gasteiger partial charge in [-0.2, -0.15) is 11.3 Å². The van der Waals surface area contributed by atoms with Crippen molar-refractivity contribution in [3.05, 3.63) is 22.4 Å². The molecular formula is C10H11IS. The molecule has 0 saturated heterocycles. The van der Waals surface area contributed by atoms with E-state index in [9.17, 15) is 0 Å². The summed E-state index contributed by atoms with van der Waals surface area (Å²) >= 11 is 4.11. The molecule has 1 aromatic heterocycles. The van der Waals surface area contributed by atoms with Crippen molar-refractivity contribution in [2.75, 3.05) is 4.43 Å². The van der Waals surface area contributed by atoms with Crippen molar-refractivity contribution in [3.63, 3.8) is 0 Å². The molecule has 0 spiro atoms. The second-order valence-corrected chi connectivity index (χ2v) is 4.32. The molecule has 12 heavy (non-hydrogen) atoms. The van der Waals surface area contributed by atoms with Crippen molar-refractivity contribution in [3.8, 4) is 11.8 Å². The van der Waals surface area contributed by atoms with Crippen LogP contribution >= 0.6 is 33.9 Å². The third kappa shape index (κ3) is 4.13. The SMILES string of the molecule is ICCCCC#Cc1ccsc1. The molecule has 64 valence electrons. The Balaban J connectivity index is 2.21. The molecular weight excluding hydrogens is 279 g/mol. The van der Waals surface area contributed by atoms with Gasteiger partial charge in [0.05, 0.1) is 0 Å². The van der Waals surface area contributed by atoms with Crippen LogP contribution in [0.25, 0.3) is 0 Å². The van der Waals surface area contributed by atoms with E-state index < -0.39 is 0 Å². The van der Waals surface area contributed by atoms with Crippen molar-refractivity contribution in [1.82, 2.24) is 0 Å². The fraction of sp³-hybridized carbons (Fsp3) is 0.400. The zero-order chi connectivity index (χ0) is 8.65. The van der Waals surface area contributed by atoms with Crippen molar-refractivity contribution in [1.29, 1.82) is 0 Å². The summed E-state index contributed by atoms with van der Waals surface area (Å²) in [5.74, 6) is 6.32. The third-order valence-electron chi connectivity index (χ3n) is 1.44. The Labute approximate surface area is 91.5 Å². The predicted octanol–water partition coefficient (Wildman–Crippen LogP) is 3.70. The molecule has 0 fully saturated rings. The van der Waals surface area contributed by atoms with E-state index in [2.05, 4.69) is 51.3 Å². The fourth-order valence-electron chi connectivity index (χ4n) is 0.808. The van der Waals surface area contributed by atoms with E-state index in [1.165, 1.54) is 17.3 Å². The van der Waals surface area contributed by atoms with Gasteiger partial charge in [-0.1, -0.05) is 34.4 Å². The average molecular weight is 290 g/mol. The largest absolute Gasteiger partial charge is 0.151 e. The highest BCUT2D eigenvalue weighted by Crippen LogP contribution is 2.04. The molecule has 0 saturated carbocycles. The van der Waals surface area contributed by atoms with Crippen LogP contribution in [-0.2, 0) is 0 Å². The van der Waals surface area contributed by atoms with Crippen LogP contribution in [0.2, 0.25) is 0 Å². The first kappa shape index (κ1) is 10.1. The minimum absolute atomic E-state index is 1.04. The van der Waals surface area contributed by atoms with Gasteiger partial charge in [-0.25, -0.2) is 0 Å². The van der Waals surface area contributed by atoms with Gasteiger partial charge in [0.15, 0.2) is 0 Å². The number of rotatable bonds is 3. The Hall–Kier alpha value is -0.01000. The molecule has 0 unspecified atom stereocenters. The minimum atomic E-state index is 1.04. The standard InChI is InChI=1S/C10H11IS/c11-7-4-2-1-3-5-10-6-8-12-9-10/h6,8-9H,1-2,4,7H2. The van der Waals surface area contributed by atoms with Gasteiger partial charge in [0.2, 0.25) is 0 Å². The maximum Gasteiger partial charge on any atom is 0.0352 e. The van der Waals surface area contributed by atoms with Crippen molar-refractivity contribution >= 4 is 33.9 Å². The second-order valence-electron chi connectivity index (χ2n) is 2.46. The van der Waals surface area contributed by atoms with Crippen molar-refractivity contribution in [2.45, 2.75) is 19.3 Å². The van der Waals surface area contributed by atoms with Crippen LogP contribution in [-0.4, -0.2) is 4.43 Å². The minimum Gasteiger partial charge on any atom is -0.151 e. The van der Waals surface area contributed by atoms with Gasteiger partial charge in [0.25, 0.3) is 0 Å². The first-order valence-electron chi connectivity index (χ1n) is 4.00. The van der Waals surface area contributed by atoms with E-state index in [1.54, 1.807) is 11.3 Å². The summed E-state index contributed by atoms with van der Waals surface area (Å²) in [4.78, 5) is 0. The van der Waals surface area contributed by atoms with Gasteiger partial charge in [0.1, 0.15) is 0 Å². The smallest absolute Gasteiger partial charge is 0.0352 e. The lowest BCUT2D eigenvalue weighted by Crippen LogP contribution is -1.73. The van der Waals surface area contributed by atoms with Crippen molar-refractivity contribution in [2.24, 2.45) is 0 Å². The molecule has 1 rings (SSSR count). The van der Waals surface area contributed by atoms with Crippen LogP contribution in [0.5, 0.6) is 0 Å². The van der Waals surface area contributed by atoms with E-state index in [1.807, 2.05) is 0 Å². The summed E-state index contributed by atoms with van der Waals surface area (Å²) < 4.78 is 1.25. The lowest BCUT2D eigenvalue weighted by Gasteiger charge is -1.86. The topological polar surface area (TPSA) is 0 Å². The maximum atomic E-state index is 3.18. The molecule has 0 bridgehead atoms. The highest BCUT2D eigenvalue weighted by Gasteiger charge is 1.84. The van der Waals surface area contributed by atoms with Gasteiger partial charge in [-0.3, -0.25) is 0 Å². The predicted molar refractivity (Wildman–Crippen MR) is 63.9 cm³/mol. The highest BCUT2D eigenvalue weighted by molar-refractivity contribution is 14.1. The molecule has 0 amide bonds. The molecule has 1 aromatic rings. The maximum absolute atomic E-state index is 3.18. The molecule has 0 nitrogen and oxygen atoms in total. The number of alkyl halides is 1.